The number of primary amides is 1. The van der Waals surface area contributed by atoms with Crippen LogP contribution in [0, 0.1) is 12.3 Å². The van der Waals surface area contributed by atoms with Crippen LogP contribution in [0.3, 0.4) is 0 Å². The zero-order chi connectivity index (χ0) is 15.6. The molecule has 1 amide bonds. The third-order valence-electron chi connectivity index (χ3n) is 2.17. The largest absolute Gasteiger partial charge is 0.379 e. The summed E-state index contributed by atoms with van der Waals surface area (Å²) in [7, 11) is 0. The van der Waals surface area contributed by atoms with E-state index in [9.17, 15) is 4.79 Å². The molecule has 0 aromatic carbocycles. The number of nitrogens with two attached hydrogens (primary N) is 1. The van der Waals surface area contributed by atoms with Gasteiger partial charge in [-0.15, -0.1) is 6.42 Å². The van der Waals surface area contributed by atoms with Gasteiger partial charge in [-0.1, -0.05) is 5.92 Å². The minimum atomic E-state index is -0.367. The Morgan fingerprint density at radius 1 is 0.762 bits per heavy atom. The fraction of sp³-hybridized carbons (Fsp3) is 0.786. The summed E-state index contributed by atoms with van der Waals surface area (Å²) in [6, 6.07) is 0. The molecule has 0 aromatic heterocycles. The number of terminal acetylenes is 1. The minimum Gasteiger partial charge on any atom is -0.379 e. The molecule has 2 N–H and O–H groups in total. The summed E-state index contributed by atoms with van der Waals surface area (Å²) in [6.45, 7) is 4.54. The van der Waals surface area contributed by atoms with E-state index in [1.54, 1.807) is 0 Å². The molecule has 0 bridgehead atoms. The predicted molar refractivity (Wildman–Crippen MR) is 76.7 cm³/mol. The second-order valence-electron chi connectivity index (χ2n) is 3.92. The standard InChI is InChI=1S/C14H25NO6/c1-2-4-17-6-8-19-10-12-21-13-11-20-9-7-18-5-3-14(15)16/h1H,3-13H2,(H2,15,16). The lowest BCUT2D eigenvalue weighted by Gasteiger charge is -2.07. The molecule has 0 aliphatic carbocycles. The molecule has 0 aromatic rings. The molecule has 0 saturated heterocycles. The summed E-state index contributed by atoms with van der Waals surface area (Å²) in [5.41, 5.74) is 4.96. The maximum atomic E-state index is 10.4. The highest BCUT2D eigenvalue weighted by atomic mass is 16.6. The number of amides is 1. The Bertz CT molecular complexity index is 279. The number of hydrogen-bond acceptors (Lipinski definition) is 6. The van der Waals surface area contributed by atoms with Crippen LogP contribution < -0.4 is 5.73 Å². The Labute approximate surface area is 126 Å². The van der Waals surface area contributed by atoms with Crippen molar-refractivity contribution in [3.63, 3.8) is 0 Å². The highest BCUT2D eigenvalue weighted by molar-refractivity contribution is 5.73. The van der Waals surface area contributed by atoms with Gasteiger partial charge in [0.2, 0.25) is 5.91 Å². The summed E-state index contributed by atoms with van der Waals surface area (Å²) in [5, 5.41) is 0. The van der Waals surface area contributed by atoms with E-state index in [1.807, 2.05) is 0 Å². The number of carbonyl (C=O) groups is 1. The van der Waals surface area contributed by atoms with Crippen LogP contribution in [-0.4, -0.2) is 72.0 Å². The summed E-state index contributed by atoms with van der Waals surface area (Å²) in [6.07, 6.45) is 5.25. The van der Waals surface area contributed by atoms with Crippen LogP contribution in [0.1, 0.15) is 6.42 Å². The van der Waals surface area contributed by atoms with Gasteiger partial charge in [-0.05, 0) is 0 Å². The van der Waals surface area contributed by atoms with Crippen LogP contribution >= 0.6 is 0 Å². The highest BCUT2D eigenvalue weighted by Crippen LogP contribution is 1.85. The highest BCUT2D eigenvalue weighted by Gasteiger charge is 1.95. The average Bonchev–Trinajstić information content (AvgIpc) is 2.46. The van der Waals surface area contributed by atoms with E-state index in [0.29, 0.717) is 66.1 Å². The van der Waals surface area contributed by atoms with Crippen molar-refractivity contribution in [1.29, 1.82) is 0 Å². The van der Waals surface area contributed by atoms with Crippen LogP contribution in [0.2, 0.25) is 0 Å². The summed E-state index contributed by atoms with van der Waals surface area (Å²) < 4.78 is 26.0. The maximum absolute atomic E-state index is 10.4. The Hall–Kier alpha value is -1.17. The Morgan fingerprint density at radius 3 is 1.52 bits per heavy atom. The molecule has 0 aliphatic rings. The molecule has 0 atom stereocenters. The number of rotatable bonds is 16. The molecule has 0 unspecified atom stereocenters. The Balaban J connectivity index is 2.96. The van der Waals surface area contributed by atoms with E-state index in [4.69, 9.17) is 35.8 Å². The molecule has 7 nitrogen and oxygen atoms in total. The number of ether oxygens (including phenoxy) is 5. The lowest BCUT2D eigenvalue weighted by atomic mass is 10.4. The minimum absolute atomic E-state index is 0.233. The van der Waals surface area contributed by atoms with Gasteiger partial charge in [0.1, 0.15) is 6.61 Å². The number of hydrogen-bond donors (Lipinski definition) is 1. The number of carbonyl (C=O) groups excluding carboxylic acids is 1. The van der Waals surface area contributed by atoms with E-state index in [1.165, 1.54) is 0 Å². The maximum Gasteiger partial charge on any atom is 0.219 e. The monoisotopic (exact) mass is 303 g/mol. The normalized spacial score (nSPS) is 10.4. The third-order valence-corrected chi connectivity index (χ3v) is 2.17. The summed E-state index contributed by atoms with van der Waals surface area (Å²) >= 11 is 0. The van der Waals surface area contributed by atoms with Crippen molar-refractivity contribution in [2.45, 2.75) is 6.42 Å². The van der Waals surface area contributed by atoms with Gasteiger partial charge in [-0.25, -0.2) is 0 Å². The lowest BCUT2D eigenvalue weighted by Crippen LogP contribution is -2.15. The van der Waals surface area contributed by atoms with Gasteiger partial charge in [-0.3, -0.25) is 4.79 Å². The first kappa shape index (κ1) is 19.8. The third kappa shape index (κ3) is 18.8. The molecule has 0 spiro atoms. The van der Waals surface area contributed by atoms with Crippen LogP contribution in [-0.2, 0) is 28.5 Å². The quantitative estimate of drug-likeness (QED) is 0.308. The van der Waals surface area contributed by atoms with Gasteiger partial charge in [0.05, 0.1) is 59.5 Å². The van der Waals surface area contributed by atoms with Crippen molar-refractivity contribution in [2.75, 3.05) is 66.1 Å². The van der Waals surface area contributed by atoms with Gasteiger partial charge >= 0.3 is 0 Å². The van der Waals surface area contributed by atoms with Crippen LogP contribution in [0.25, 0.3) is 0 Å². The van der Waals surface area contributed by atoms with Crippen molar-refractivity contribution < 1.29 is 28.5 Å². The summed E-state index contributed by atoms with van der Waals surface area (Å²) in [5.74, 6) is 2.01. The molecule has 0 heterocycles. The molecule has 0 rings (SSSR count). The first-order valence-electron chi connectivity index (χ1n) is 6.88. The molecule has 122 valence electrons. The molecule has 0 fully saturated rings. The van der Waals surface area contributed by atoms with E-state index in [-0.39, 0.29) is 12.3 Å². The molecule has 0 saturated carbocycles. The van der Waals surface area contributed by atoms with Crippen molar-refractivity contribution in [1.82, 2.24) is 0 Å². The van der Waals surface area contributed by atoms with Gasteiger partial charge in [0.15, 0.2) is 0 Å². The van der Waals surface area contributed by atoms with Crippen molar-refractivity contribution in [2.24, 2.45) is 5.73 Å². The van der Waals surface area contributed by atoms with Crippen LogP contribution in [0.5, 0.6) is 0 Å². The van der Waals surface area contributed by atoms with E-state index in [2.05, 4.69) is 5.92 Å². The van der Waals surface area contributed by atoms with Gasteiger partial charge < -0.3 is 29.4 Å². The smallest absolute Gasteiger partial charge is 0.219 e. The van der Waals surface area contributed by atoms with E-state index >= 15 is 0 Å². The SMILES string of the molecule is C#CCOCCOCCOCCOCCOCCC(N)=O. The average molecular weight is 303 g/mol. The lowest BCUT2D eigenvalue weighted by molar-refractivity contribution is -0.119. The first-order valence-corrected chi connectivity index (χ1v) is 6.88. The molecular weight excluding hydrogens is 278 g/mol. The van der Waals surface area contributed by atoms with Gasteiger partial charge in [0.25, 0.3) is 0 Å². The van der Waals surface area contributed by atoms with Crippen LogP contribution in [0.15, 0.2) is 0 Å². The molecule has 0 aliphatic heterocycles. The van der Waals surface area contributed by atoms with Crippen LogP contribution in [0.4, 0.5) is 0 Å². The fourth-order valence-electron chi connectivity index (χ4n) is 1.18. The topological polar surface area (TPSA) is 89.2 Å². The Kier molecular flexibility index (Phi) is 15.9. The predicted octanol–water partition coefficient (Wildman–Crippen LogP) is -0.422. The first-order chi connectivity index (χ1) is 10.3. The Morgan fingerprint density at radius 2 is 1.14 bits per heavy atom. The van der Waals surface area contributed by atoms with Gasteiger partial charge in [0, 0.05) is 6.42 Å². The van der Waals surface area contributed by atoms with Crippen molar-refractivity contribution in [3.8, 4) is 12.3 Å². The second kappa shape index (κ2) is 16.9. The molecule has 7 heteroatoms. The van der Waals surface area contributed by atoms with E-state index < -0.39 is 0 Å². The molecular formula is C14H25NO6. The molecule has 0 radical (unpaired) electrons. The summed E-state index contributed by atoms with van der Waals surface area (Å²) in [4.78, 5) is 10.4. The van der Waals surface area contributed by atoms with Crippen molar-refractivity contribution in [3.05, 3.63) is 0 Å². The van der Waals surface area contributed by atoms with Gasteiger partial charge in [-0.2, -0.15) is 0 Å². The molecule has 21 heavy (non-hydrogen) atoms. The zero-order valence-electron chi connectivity index (χ0n) is 12.4. The fourth-order valence-corrected chi connectivity index (χ4v) is 1.18. The van der Waals surface area contributed by atoms with E-state index in [0.717, 1.165) is 0 Å². The second-order valence-corrected chi connectivity index (χ2v) is 3.92. The zero-order valence-corrected chi connectivity index (χ0v) is 12.4. The van der Waals surface area contributed by atoms with Crippen molar-refractivity contribution >= 4 is 5.91 Å².